The lowest BCUT2D eigenvalue weighted by Crippen LogP contribution is -2.46. The molecular weight excluding hydrogens is 202 g/mol. The molecule has 1 aromatic rings. The topological polar surface area (TPSA) is 49.2 Å². The molecule has 1 aliphatic heterocycles. The van der Waals surface area contributed by atoms with Crippen LogP contribution in [0.1, 0.15) is 31.2 Å². The Balaban J connectivity index is 2.23. The average Bonchev–Trinajstić information content (AvgIpc) is 2.14. The number of hydrogen-bond acceptors (Lipinski definition) is 4. The fraction of sp³-hybridized carbons (Fsp3) is 0.667. The molecule has 88 valence electrons. The maximum atomic E-state index is 10.0. The summed E-state index contributed by atoms with van der Waals surface area (Å²) in [5, 5.41) is 10.0. The number of hydrogen-bond donors (Lipinski definition) is 1. The molecule has 2 heterocycles. The van der Waals surface area contributed by atoms with Gasteiger partial charge in [-0.05, 0) is 39.7 Å². The van der Waals surface area contributed by atoms with E-state index >= 15 is 0 Å². The Morgan fingerprint density at radius 3 is 2.50 bits per heavy atom. The molecule has 1 N–H and O–H groups in total. The van der Waals surface area contributed by atoms with Gasteiger partial charge in [0.15, 0.2) is 0 Å². The fourth-order valence-electron chi connectivity index (χ4n) is 2.24. The highest BCUT2D eigenvalue weighted by Gasteiger charge is 2.29. The first-order valence-corrected chi connectivity index (χ1v) is 5.76. The molecule has 1 unspecified atom stereocenters. The van der Waals surface area contributed by atoms with Gasteiger partial charge in [0.2, 0.25) is 5.95 Å². The standard InChI is InChI=1S/C12H19N3O/c1-9-7-10(2)14-11(13-9)15-6-4-5-12(3,16)8-15/h7,16H,4-6,8H2,1-3H3. The van der Waals surface area contributed by atoms with Crippen molar-refractivity contribution in [2.45, 2.75) is 39.2 Å². The number of anilines is 1. The highest BCUT2D eigenvalue weighted by Crippen LogP contribution is 2.23. The largest absolute Gasteiger partial charge is 0.388 e. The lowest BCUT2D eigenvalue weighted by atomic mass is 9.95. The second-order valence-corrected chi connectivity index (χ2v) is 4.97. The number of rotatable bonds is 1. The van der Waals surface area contributed by atoms with Crippen molar-refractivity contribution in [1.82, 2.24) is 9.97 Å². The first-order valence-electron chi connectivity index (χ1n) is 5.76. The van der Waals surface area contributed by atoms with Gasteiger partial charge in [-0.1, -0.05) is 0 Å². The van der Waals surface area contributed by atoms with Crippen LogP contribution in [0.5, 0.6) is 0 Å². The second kappa shape index (κ2) is 4.01. The Bertz CT molecular complexity index is 370. The van der Waals surface area contributed by atoms with Crippen molar-refractivity contribution < 1.29 is 5.11 Å². The van der Waals surface area contributed by atoms with Crippen LogP contribution in [-0.2, 0) is 0 Å². The molecule has 1 fully saturated rings. The number of nitrogens with zero attached hydrogens (tertiary/aromatic N) is 3. The van der Waals surface area contributed by atoms with Crippen LogP contribution in [0.4, 0.5) is 5.95 Å². The molecule has 0 aliphatic carbocycles. The van der Waals surface area contributed by atoms with Gasteiger partial charge < -0.3 is 10.0 Å². The normalized spacial score (nSPS) is 25.9. The summed E-state index contributed by atoms with van der Waals surface area (Å²) in [5.74, 6) is 0.748. The van der Waals surface area contributed by atoms with Crippen LogP contribution in [0.25, 0.3) is 0 Å². The number of aromatic nitrogens is 2. The van der Waals surface area contributed by atoms with Gasteiger partial charge in [0.1, 0.15) is 0 Å². The molecule has 1 saturated heterocycles. The Morgan fingerprint density at radius 2 is 1.94 bits per heavy atom. The van der Waals surface area contributed by atoms with Gasteiger partial charge in [-0.3, -0.25) is 0 Å². The molecular formula is C12H19N3O. The Morgan fingerprint density at radius 1 is 1.31 bits per heavy atom. The summed E-state index contributed by atoms with van der Waals surface area (Å²) in [5.41, 5.74) is 1.35. The molecule has 0 aromatic carbocycles. The third kappa shape index (κ3) is 2.50. The first kappa shape index (κ1) is 11.3. The zero-order valence-electron chi connectivity index (χ0n) is 10.2. The highest BCUT2D eigenvalue weighted by molar-refractivity contribution is 5.33. The van der Waals surface area contributed by atoms with Crippen molar-refractivity contribution in [1.29, 1.82) is 0 Å². The molecule has 0 spiro atoms. The van der Waals surface area contributed by atoms with E-state index in [1.54, 1.807) is 0 Å². The zero-order chi connectivity index (χ0) is 11.8. The van der Waals surface area contributed by atoms with E-state index in [0.717, 1.165) is 36.7 Å². The highest BCUT2D eigenvalue weighted by atomic mass is 16.3. The van der Waals surface area contributed by atoms with E-state index in [2.05, 4.69) is 14.9 Å². The van der Waals surface area contributed by atoms with Crippen molar-refractivity contribution in [3.05, 3.63) is 17.5 Å². The van der Waals surface area contributed by atoms with Crippen molar-refractivity contribution >= 4 is 5.95 Å². The van der Waals surface area contributed by atoms with Crippen LogP contribution in [0.3, 0.4) is 0 Å². The molecule has 4 nitrogen and oxygen atoms in total. The summed E-state index contributed by atoms with van der Waals surface area (Å²) >= 11 is 0. The Hall–Kier alpha value is -1.16. The molecule has 16 heavy (non-hydrogen) atoms. The van der Waals surface area contributed by atoms with Gasteiger partial charge >= 0.3 is 0 Å². The number of piperidine rings is 1. The van der Waals surface area contributed by atoms with Crippen LogP contribution in [-0.4, -0.2) is 33.8 Å². The van der Waals surface area contributed by atoms with Crippen LogP contribution in [0.2, 0.25) is 0 Å². The molecule has 0 bridgehead atoms. The average molecular weight is 221 g/mol. The van der Waals surface area contributed by atoms with Crippen molar-refractivity contribution in [2.75, 3.05) is 18.0 Å². The molecule has 1 atom stereocenters. The van der Waals surface area contributed by atoms with E-state index in [-0.39, 0.29) is 0 Å². The third-order valence-electron chi connectivity index (χ3n) is 2.93. The van der Waals surface area contributed by atoms with Crippen LogP contribution in [0, 0.1) is 13.8 Å². The number of aryl methyl sites for hydroxylation is 2. The third-order valence-corrected chi connectivity index (χ3v) is 2.93. The molecule has 0 saturated carbocycles. The molecule has 0 amide bonds. The summed E-state index contributed by atoms with van der Waals surface area (Å²) in [7, 11) is 0. The molecule has 4 heteroatoms. The quantitative estimate of drug-likeness (QED) is 0.779. The van der Waals surface area contributed by atoms with Gasteiger partial charge in [0.25, 0.3) is 0 Å². The predicted molar refractivity (Wildman–Crippen MR) is 63.6 cm³/mol. The lowest BCUT2D eigenvalue weighted by Gasteiger charge is -2.36. The van der Waals surface area contributed by atoms with Crippen LogP contribution >= 0.6 is 0 Å². The summed E-state index contributed by atoms with van der Waals surface area (Å²) < 4.78 is 0. The van der Waals surface area contributed by atoms with E-state index in [0.29, 0.717) is 6.54 Å². The SMILES string of the molecule is Cc1cc(C)nc(N2CCCC(C)(O)C2)n1. The molecule has 1 aromatic heterocycles. The van der Waals surface area contributed by atoms with Gasteiger partial charge in [0, 0.05) is 24.5 Å². The predicted octanol–water partition coefficient (Wildman–Crippen LogP) is 1.44. The van der Waals surface area contributed by atoms with Crippen molar-refractivity contribution in [2.24, 2.45) is 0 Å². The van der Waals surface area contributed by atoms with Gasteiger partial charge in [-0.25, -0.2) is 9.97 Å². The Kier molecular flexibility index (Phi) is 2.84. The smallest absolute Gasteiger partial charge is 0.225 e. The first-order chi connectivity index (χ1) is 7.46. The minimum absolute atomic E-state index is 0.612. The van der Waals surface area contributed by atoms with Gasteiger partial charge in [0.05, 0.1) is 5.60 Å². The summed E-state index contributed by atoms with van der Waals surface area (Å²) in [6, 6.07) is 1.96. The lowest BCUT2D eigenvalue weighted by molar-refractivity contribution is 0.0444. The second-order valence-electron chi connectivity index (χ2n) is 4.97. The monoisotopic (exact) mass is 221 g/mol. The summed E-state index contributed by atoms with van der Waals surface area (Å²) in [6.45, 7) is 7.37. The number of aliphatic hydroxyl groups is 1. The maximum Gasteiger partial charge on any atom is 0.225 e. The number of β-amino-alcohol motifs (C(OH)–C–C–N with tert-alkyl or cyclic N) is 1. The summed E-state index contributed by atoms with van der Waals surface area (Å²) in [6.07, 6.45) is 1.84. The van der Waals surface area contributed by atoms with Crippen LogP contribution in [0.15, 0.2) is 6.07 Å². The maximum absolute atomic E-state index is 10.0. The minimum Gasteiger partial charge on any atom is -0.388 e. The molecule has 0 radical (unpaired) electrons. The Labute approximate surface area is 96.3 Å². The van der Waals surface area contributed by atoms with Crippen molar-refractivity contribution in [3.63, 3.8) is 0 Å². The van der Waals surface area contributed by atoms with Gasteiger partial charge in [-0.2, -0.15) is 0 Å². The van der Waals surface area contributed by atoms with Crippen molar-refractivity contribution in [3.8, 4) is 0 Å². The van der Waals surface area contributed by atoms with E-state index in [4.69, 9.17) is 0 Å². The van der Waals surface area contributed by atoms with E-state index in [1.807, 2.05) is 26.8 Å². The van der Waals surface area contributed by atoms with Crippen LogP contribution < -0.4 is 4.90 Å². The fourth-order valence-corrected chi connectivity index (χ4v) is 2.24. The summed E-state index contributed by atoms with van der Waals surface area (Å²) in [4.78, 5) is 10.9. The molecule has 2 rings (SSSR count). The van der Waals surface area contributed by atoms with E-state index < -0.39 is 5.60 Å². The van der Waals surface area contributed by atoms with E-state index in [9.17, 15) is 5.11 Å². The van der Waals surface area contributed by atoms with Gasteiger partial charge in [-0.15, -0.1) is 0 Å². The zero-order valence-corrected chi connectivity index (χ0v) is 10.2. The minimum atomic E-state index is -0.612. The molecule has 1 aliphatic rings. The van der Waals surface area contributed by atoms with E-state index in [1.165, 1.54) is 0 Å².